The highest BCUT2D eigenvalue weighted by Gasteiger charge is 2.21. The lowest BCUT2D eigenvalue weighted by Gasteiger charge is -2.13. The molecule has 90 valence electrons. The second kappa shape index (κ2) is 4.65. The van der Waals surface area contributed by atoms with Crippen molar-refractivity contribution < 1.29 is 9.47 Å². The lowest BCUT2D eigenvalue weighted by Crippen LogP contribution is -2.06. The van der Waals surface area contributed by atoms with Crippen molar-refractivity contribution in [3.05, 3.63) is 53.9 Å². The predicted molar refractivity (Wildman–Crippen MR) is 65.1 cm³/mol. The maximum absolute atomic E-state index is 8.93. The SMILES string of the molecule is N#Cc1cccc(-n2cccc2C2OCCO2)c1. The summed E-state index contributed by atoms with van der Waals surface area (Å²) in [5, 5.41) is 8.93. The second-order valence-corrected chi connectivity index (χ2v) is 4.04. The molecule has 1 aromatic carbocycles. The first-order chi connectivity index (χ1) is 8.88. The molecule has 4 heteroatoms. The van der Waals surface area contributed by atoms with E-state index in [4.69, 9.17) is 14.7 Å². The maximum atomic E-state index is 8.93. The maximum Gasteiger partial charge on any atom is 0.199 e. The Kier molecular flexibility index (Phi) is 2.85. The van der Waals surface area contributed by atoms with Gasteiger partial charge in [0.1, 0.15) is 0 Å². The van der Waals surface area contributed by atoms with Crippen LogP contribution in [0.1, 0.15) is 17.5 Å². The summed E-state index contributed by atoms with van der Waals surface area (Å²) in [6, 6.07) is 13.5. The lowest BCUT2D eigenvalue weighted by atomic mass is 10.2. The van der Waals surface area contributed by atoms with E-state index in [2.05, 4.69) is 6.07 Å². The molecule has 3 rings (SSSR count). The smallest absolute Gasteiger partial charge is 0.199 e. The van der Waals surface area contributed by atoms with Gasteiger partial charge in [-0.15, -0.1) is 0 Å². The molecule has 1 aliphatic heterocycles. The van der Waals surface area contributed by atoms with Gasteiger partial charge in [0.25, 0.3) is 0 Å². The Bertz CT molecular complexity index is 592. The fourth-order valence-electron chi connectivity index (χ4n) is 2.08. The molecule has 2 heterocycles. The first-order valence-electron chi connectivity index (χ1n) is 5.79. The average molecular weight is 240 g/mol. The van der Waals surface area contributed by atoms with E-state index in [1.807, 2.05) is 41.1 Å². The van der Waals surface area contributed by atoms with Crippen molar-refractivity contribution >= 4 is 0 Å². The van der Waals surface area contributed by atoms with Crippen LogP contribution >= 0.6 is 0 Å². The van der Waals surface area contributed by atoms with Crippen LogP contribution in [0.25, 0.3) is 5.69 Å². The van der Waals surface area contributed by atoms with Crippen LogP contribution in [0, 0.1) is 11.3 Å². The summed E-state index contributed by atoms with van der Waals surface area (Å²) in [4.78, 5) is 0. The van der Waals surface area contributed by atoms with E-state index >= 15 is 0 Å². The number of benzene rings is 1. The molecule has 0 amide bonds. The molecular formula is C14H12N2O2. The minimum absolute atomic E-state index is 0.314. The molecule has 0 saturated carbocycles. The average Bonchev–Trinajstić information content (AvgIpc) is 3.09. The Morgan fingerprint density at radius 2 is 2.00 bits per heavy atom. The highest BCUT2D eigenvalue weighted by atomic mass is 16.7. The Hall–Kier alpha value is -2.09. The van der Waals surface area contributed by atoms with Crippen LogP contribution in [0.4, 0.5) is 0 Å². The molecule has 0 spiro atoms. The highest BCUT2D eigenvalue weighted by molar-refractivity contribution is 5.43. The first-order valence-corrected chi connectivity index (χ1v) is 5.79. The van der Waals surface area contributed by atoms with Gasteiger partial charge in [0.05, 0.1) is 30.5 Å². The molecule has 1 fully saturated rings. The molecule has 1 saturated heterocycles. The van der Waals surface area contributed by atoms with E-state index in [0.29, 0.717) is 18.8 Å². The number of rotatable bonds is 2. The monoisotopic (exact) mass is 240 g/mol. The van der Waals surface area contributed by atoms with E-state index in [0.717, 1.165) is 11.4 Å². The number of hydrogen-bond donors (Lipinski definition) is 0. The van der Waals surface area contributed by atoms with Crippen molar-refractivity contribution in [3.8, 4) is 11.8 Å². The molecule has 0 atom stereocenters. The molecule has 0 aliphatic carbocycles. The third-order valence-corrected chi connectivity index (χ3v) is 2.90. The van der Waals surface area contributed by atoms with Gasteiger partial charge in [0.15, 0.2) is 6.29 Å². The summed E-state index contributed by atoms with van der Waals surface area (Å²) in [6.45, 7) is 1.24. The molecule has 0 radical (unpaired) electrons. The zero-order valence-electron chi connectivity index (χ0n) is 9.74. The molecule has 4 nitrogen and oxygen atoms in total. The van der Waals surface area contributed by atoms with Crippen molar-refractivity contribution in [1.29, 1.82) is 5.26 Å². The first kappa shape index (κ1) is 11.0. The van der Waals surface area contributed by atoms with Crippen LogP contribution in [0.3, 0.4) is 0 Å². The minimum atomic E-state index is -0.314. The van der Waals surface area contributed by atoms with Crippen LogP contribution < -0.4 is 0 Å². The van der Waals surface area contributed by atoms with E-state index < -0.39 is 0 Å². The number of nitrogens with zero attached hydrogens (tertiary/aromatic N) is 2. The fraction of sp³-hybridized carbons (Fsp3) is 0.214. The van der Waals surface area contributed by atoms with Gasteiger partial charge in [-0.1, -0.05) is 6.07 Å². The van der Waals surface area contributed by atoms with Gasteiger partial charge < -0.3 is 14.0 Å². The molecule has 2 aromatic rings. The third-order valence-electron chi connectivity index (χ3n) is 2.90. The Balaban J connectivity index is 2.01. The van der Waals surface area contributed by atoms with Gasteiger partial charge in [-0.25, -0.2) is 0 Å². The summed E-state index contributed by atoms with van der Waals surface area (Å²) in [5.74, 6) is 0. The standard InChI is InChI=1S/C14H12N2O2/c15-10-11-3-1-4-12(9-11)16-6-2-5-13(16)14-17-7-8-18-14/h1-6,9,14H,7-8H2. The summed E-state index contributed by atoms with van der Waals surface area (Å²) < 4.78 is 13.0. The van der Waals surface area contributed by atoms with E-state index in [1.54, 1.807) is 6.07 Å². The molecule has 1 aromatic heterocycles. The normalized spacial score (nSPS) is 15.7. The van der Waals surface area contributed by atoms with Crippen molar-refractivity contribution in [1.82, 2.24) is 4.57 Å². The zero-order chi connectivity index (χ0) is 12.4. The lowest BCUT2D eigenvalue weighted by molar-refractivity contribution is -0.0483. The van der Waals surface area contributed by atoms with E-state index in [9.17, 15) is 0 Å². The van der Waals surface area contributed by atoms with Crippen molar-refractivity contribution in [2.75, 3.05) is 13.2 Å². The molecule has 18 heavy (non-hydrogen) atoms. The number of hydrogen-bond acceptors (Lipinski definition) is 3. The summed E-state index contributed by atoms with van der Waals surface area (Å²) in [6.07, 6.45) is 1.63. The summed E-state index contributed by atoms with van der Waals surface area (Å²) >= 11 is 0. The Morgan fingerprint density at radius 1 is 1.17 bits per heavy atom. The molecular weight excluding hydrogens is 228 g/mol. The van der Waals surface area contributed by atoms with Gasteiger partial charge in [-0.05, 0) is 30.3 Å². The second-order valence-electron chi connectivity index (χ2n) is 4.04. The number of aromatic nitrogens is 1. The summed E-state index contributed by atoms with van der Waals surface area (Å²) in [5.41, 5.74) is 2.52. The Morgan fingerprint density at radius 3 is 2.78 bits per heavy atom. The predicted octanol–water partition coefficient (Wildman–Crippen LogP) is 2.39. The van der Waals surface area contributed by atoms with Gasteiger partial charge in [0, 0.05) is 11.9 Å². The van der Waals surface area contributed by atoms with Gasteiger partial charge in [0.2, 0.25) is 0 Å². The molecule has 0 N–H and O–H groups in total. The van der Waals surface area contributed by atoms with Crippen LogP contribution in [-0.4, -0.2) is 17.8 Å². The van der Waals surface area contributed by atoms with Crippen LogP contribution in [0.5, 0.6) is 0 Å². The van der Waals surface area contributed by atoms with Crippen molar-refractivity contribution in [3.63, 3.8) is 0 Å². The van der Waals surface area contributed by atoms with Gasteiger partial charge >= 0.3 is 0 Å². The topological polar surface area (TPSA) is 47.2 Å². The molecule has 1 aliphatic rings. The quantitative estimate of drug-likeness (QED) is 0.809. The van der Waals surface area contributed by atoms with Crippen LogP contribution in [0.2, 0.25) is 0 Å². The highest BCUT2D eigenvalue weighted by Crippen LogP contribution is 2.26. The number of nitriles is 1. The van der Waals surface area contributed by atoms with Gasteiger partial charge in [-0.2, -0.15) is 5.26 Å². The number of ether oxygens (including phenoxy) is 2. The molecule has 0 unspecified atom stereocenters. The third kappa shape index (κ3) is 1.90. The zero-order valence-corrected chi connectivity index (χ0v) is 9.74. The molecule has 0 bridgehead atoms. The van der Waals surface area contributed by atoms with E-state index in [-0.39, 0.29) is 6.29 Å². The van der Waals surface area contributed by atoms with Crippen LogP contribution in [-0.2, 0) is 9.47 Å². The van der Waals surface area contributed by atoms with Crippen molar-refractivity contribution in [2.24, 2.45) is 0 Å². The minimum Gasteiger partial charge on any atom is -0.345 e. The largest absolute Gasteiger partial charge is 0.345 e. The summed E-state index contributed by atoms with van der Waals surface area (Å²) in [7, 11) is 0. The fourth-order valence-corrected chi connectivity index (χ4v) is 2.08. The van der Waals surface area contributed by atoms with Crippen molar-refractivity contribution in [2.45, 2.75) is 6.29 Å². The Labute approximate surface area is 105 Å². The van der Waals surface area contributed by atoms with Gasteiger partial charge in [-0.3, -0.25) is 0 Å². The van der Waals surface area contributed by atoms with E-state index in [1.165, 1.54) is 0 Å². The van der Waals surface area contributed by atoms with Crippen LogP contribution in [0.15, 0.2) is 42.6 Å².